The molecule has 2 aliphatic rings. The number of rotatable bonds is 4. The van der Waals surface area contributed by atoms with Gasteiger partial charge < -0.3 is 26.2 Å². The molecule has 4 rings (SSSR count). The lowest BCUT2D eigenvalue weighted by Crippen LogP contribution is -2.57. The first kappa shape index (κ1) is 33.8. The SMILES string of the molecule is CNC(=O)c1cccc(C(F)(F)F)c1N1C(N2CC(C)(C)NC2=O)=NC=C(OC(=O)O)C1N.Cc1ccc(S(=O)(=O)O)cc1. The number of halogens is 3. The molecule has 1 unspecified atom stereocenters. The summed E-state index contributed by atoms with van der Waals surface area (Å²) in [5.74, 6) is -1.72. The van der Waals surface area contributed by atoms with E-state index in [1.165, 1.54) is 19.2 Å². The molecule has 3 amide bonds. The van der Waals surface area contributed by atoms with Crippen molar-refractivity contribution in [2.45, 2.75) is 43.5 Å². The number of nitrogens with zero attached hydrogens (tertiary/aromatic N) is 3. The quantitative estimate of drug-likeness (QED) is 0.243. The summed E-state index contributed by atoms with van der Waals surface area (Å²) in [5.41, 5.74) is 3.94. The zero-order chi connectivity index (χ0) is 33.2. The summed E-state index contributed by atoms with van der Waals surface area (Å²) in [5, 5.41) is 13.9. The Kier molecular flexibility index (Phi) is 9.61. The van der Waals surface area contributed by atoms with Crippen LogP contribution in [0.1, 0.15) is 35.3 Å². The summed E-state index contributed by atoms with van der Waals surface area (Å²) >= 11 is 0. The van der Waals surface area contributed by atoms with E-state index in [1.54, 1.807) is 26.0 Å². The molecular weight excluding hydrogens is 613 g/mol. The van der Waals surface area contributed by atoms with Crippen molar-refractivity contribution in [3.63, 3.8) is 0 Å². The maximum Gasteiger partial charge on any atom is 0.511 e. The molecule has 1 saturated heterocycles. The van der Waals surface area contributed by atoms with Crippen LogP contribution >= 0.6 is 0 Å². The Bertz CT molecular complexity index is 1620. The van der Waals surface area contributed by atoms with Gasteiger partial charge in [-0.15, -0.1) is 0 Å². The number of guanidine groups is 1. The van der Waals surface area contributed by atoms with E-state index >= 15 is 0 Å². The van der Waals surface area contributed by atoms with E-state index in [4.69, 9.17) is 15.4 Å². The highest BCUT2D eigenvalue weighted by atomic mass is 32.2. The zero-order valence-corrected chi connectivity index (χ0v) is 24.5. The predicted octanol–water partition coefficient (Wildman–Crippen LogP) is 3.11. The van der Waals surface area contributed by atoms with Crippen LogP contribution in [0.3, 0.4) is 0 Å². The highest BCUT2D eigenvalue weighted by Crippen LogP contribution is 2.41. The number of amides is 3. The van der Waals surface area contributed by atoms with Gasteiger partial charge in [0.2, 0.25) is 5.96 Å². The third kappa shape index (κ3) is 7.63. The molecule has 0 bridgehead atoms. The van der Waals surface area contributed by atoms with Gasteiger partial charge in [0.1, 0.15) is 6.17 Å². The smallest absolute Gasteiger partial charge is 0.449 e. The standard InChI is InChI=1S/C19H21F3N6O5.C7H8O3S/c1-18(2)8-27(16(30)26-18)15-25-7-11(33-17(31)32)13(23)28(15)12-9(14(29)24-3)5-4-6-10(12)19(20,21)22;1-6-2-4-7(5-3-6)11(8,9)10/h4-7,13H,8,23H2,1-3H3,(H,24,29)(H,26,30)(H,31,32);2-5H,1H3,(H,8,9,10). The summed E-state index contributed by atoms with van der Waals surface area (Å²) in [6, 6.07) is 8.23. The fraction of sp³-hybridized carbons (Fsp3) is 0.308. The molecule has 0 aliphatic carbocycles. The second kappa shape index (κ2) is 12.5. The van der Waals surface area contributed by atoms with E-state index in [9.17, 15) is 36.0 Å². The minimum atomic E-state index is -4.94. The molecular formula is C26H29F3N6O8S. The highest BCUT2D eigenvalue weighted by Gasteiger charge is 2.46. The average Bonchev–Trinajstić information content (AvgIpc) is 3.19. The lowest BCUT2D eigenvalue weighted by molar-refractivity contribution is -0.137. The molecule has 0 radical (unpaired) electrons. The van der Waals surface area contributed by atoms with Crippen molar-refractivity contribution in [3.8, 4) is 0 Å². The second-order valence-electron chi connectivity index (χ2n) is 10.1. The molecule has 6 N–H and O–H groups in total. The van der Waals surface area contributed by atoms with Crippen LogP contribution in [0.25, 0.3) is 0 Å². The largest absolute Gasteiger partial charge is 0.511 e. The molecule has 2 aliphatic heterocycles. The van der Waals surface area contributed by atoms with Crippen molar-refractivity contribution in [3.05, 3.63) is 71.1 Å². The number of alkyl halides is 3. The number of ether oxygens (including phenoxy) is 1. The van der Waals surface area contributed by atoms with Gasteiger partial charge in [0, 0.05) is 7.05 Å². The third-order valence-electron chi connectivity index (χ3n) is 6.16. The Morgan fingerprint density at radius 3 is 2.27 bits per heavy atom. The van der Waals surface area contributed by atoms with Crippen LogP contribution in [0.4, 0.5) is 28.4 Å². The van der Waals surface area contributed by atoms with Crippen molar-refractivity contribution in [2.24, 2.45) is 10.7 Å². The topological polar surface area (TPSA) is 204 Å². The molecule has 238 valence electrons. The molecule has 0 saturated carbocycles. The second-order valence-corrected chi connectivity index (χ2v) is 11.5. The van der Waals surface area contributed by atoms with Gasteiger partial charge in [0.15, 0.2) is 5.76 Å². The number of urea groups is 1. The lowest BCUT2D eigenvalue weighted by Gasteiger charge is -2.39. The molecule has 2 aromatic carbocycles. The fourth-order valence-electron chi connectivity index (χ4n) is 4.22. The molecule has 14 nitrogen and oxygen atoms in total. The summed E-state index contributed by atoms with van der Waals surface area (Å²) in [7, 11) is -2.79. The number of hydrogen-bond acceptors (Lipinski definition) is 9. The fourth-order valence-corrected chi connectivity index (χ4v) is 4.70. The number of hydrogen-bond donors (Lipinski definition) is 5. The molecule has 2 heterocycles. The van der Waals surface area contributed by atoms with E-state index in [2.05, 4.69) is 20.4 Å². The van der Waals surface area contributed by atoms with Crippen LogP contribution in [0.5, 0.6) is 0 Å². The van der Waals surface area contributed by atoms with Crippen LogP contribution < -0.4 is 21.3 Å². The zero-order valence-electron chi connectivity index (χ0n) is 23.7. The van der Waals surface area contributed by atoms with Crippen LogP contribution in [0.2, 0.25) is 0 Å². The molecule has 18 heteroatoms. The summed E-state index contributed by atoms with van der Waals surface area (Å²) in [6.45, 7) is 5.22. The van der Waals surface area contributed by atoms with Gasteiger partial charge >= 0.3 is 18.4 Å². The monoisotopic (exact) mass is 642 g/mol. The van der Waals surface area contributed by atoms with Crippen LogP contribution in [0, 0.1) is 6.92 Å². The maximum atomic E-state index is 14.0. The van der Waals surface area contributed by atoms with Gasteiger partial charge in [-0.1, -0.05) is 23.8 Å². The Hall–Kier alpha value is -4.68. The van der Waals surface area contributed by atoms with Crippen molar-refractivity contribution in [1.82, 2.24) is 15.5 Å². The number of benzene rings is 2. The first-order valence-electron chi connectivity index (χ1n) is 12.6. The van der Waals surface area contributed by atoms with Gasteiger partial charge in [0.25, 0.3) is 16.0 Å². The Morgan fingerprint density at radius 2 is 1.80 bits per heavy atom. The van der Waals surface area contributed by atoms with Crippen LogP contribution in [0.15, 0.2) is 64.3 Å². The number of nitrogens with two attached hydrogens (primary N) is 1. The number of aliphatic imine (C=N–C) groups is 1. The van der Waals surface area contributed by atoms with Gasteiger partial charge in [-0.05, 0) is 45.0 Å². The number of carbonyl (C=O) groups is 3. The number of aryl methyl sites for hydroxylation is 1. The number of carbonyl (C=O) groups excluding carboxylic acids is 2. The van der Waals surface area contributed by atoms with Crippen LogP contribution in [-0.4, -0.2) is 72.3 Å². The minimum Gasteiger partial charge on any atom is -0.449 e. The molecule has 0 spiro atoms. The van der Waals surface area contributed by atoms with Crippen molar-refractivity contribution in [1.29, 1.82) is 0 Å². The summed E-state index contributed by atoms with van der Waals surface area (Å²) in [4.78, 5) is 41.9. The van der Waals surface area contributed by atoms with Gasteiger partial charge in [-0.25, -0.2) is 14.6 Å². The predicted molar refractivity (Wildman–Crippen MR) is 150 cm³/mol. The minimum absolute atomic E-state index is 0.000337. The van der Waals surface area contributed by atoms with Crippen molar-refractivity contribution in [2.75, 3.05) is 18.5 Å². The Morgan fingerprint density at radius 1 is 1.18 bits per heavy atom. The Balaban J connectivity index is 0.000000404. The molecule has 0 aromatic heterocycles. The maximum absolute atomic E-state index is 14.0. The van der Waals surface area contributed by atoms with E-state index in [1.807, 2.05) is 6.92 Å². The van der Waals surface area contributed by atoms with E-state index in [0.717, 1.165) is 39.8 Å². The number of para-hydroxylation sites is 1. The van der Waals surface area contributed by atoms with Gasteiger partial charge in [-0.3, -0.25) is 19.1 Å². The molecule has 2 aromatic rings. The molecule has 1 fully saturated rings. The number of carboxylic acid groups (broad SMARTS) is 1. The Labute approximate surface area is 249 Å². The van der Waals surface area contributed by atoms with Gasteiger partial charge in [-0.2, -0.15) is 21.6 Å². The van der Waals surface area contributed by atoms with Crippen molar-refractivity contribution < 1.29 is 50.4 Å². The summed E-state index contributed by atoms with van der Waals surface area (Å²) in [6.07, 6.45) is -7.48. The average molecular weight is 643 g/mol. The highest BCUT2D eigenvalue weighted by molar-refractivity contribution is 7.85. The third-order valence-corrected chi connectivity index (χ3v) is 7.02. The van der Waals surface area contributed by atoms with E-state index in [-0.39, 0.29) is 17.4 Å². The lowest BCUT2D eigenvalue weighted by atomic mass is 10.0. The number of nitrogens with one attached hydrogen (secondary N) is 2. The molecule has 44 heavy (non-hydrogen) atoms. The first-order valence-corrected chi connectivity index (χ1v) is 14.0. The number of anilines is 1. The molecule has 1 atom stereocenters. The van der Waals surface area contributed by atoms with Crippen molar-refractivity contribution >= 4 is 39.9 Å². The van der Waals surface area contributed by atoms with Crippen LogP contribution in [-0.2, 0) is 21.0 Å². The first-order chi connectivity index (χ1) is 20.3. The van der Waals surface area contributed by atoms with Gasteiger partial charge in [0.05, 0.1) is 40.0 Å². The normalized spacial score (nSPS) is 17.9. The summed E-state index contributed by atoms with van der Waals surface area (Å²) < 4.78 is 76.2. The van der Waals surface area contributed by atoms with E-state index in [0.29, 0.717) is 0 Å². The van der Waals surface area contributed by atoms with E-state index < -0.39 is 68.7 Å².